The minimum Gasteiger partial charge on any atom is -0.501 e. The Labute approximate surface area is 186 Å². The lowest BCUT2D eigenvalue weighted by Crippen LogP contribution is -2.10. The Morgan fingerprint density at radius 2 is 1.44 bits per heavy atom. The largest absolute Gasteiger partial charge is 0.501 e. The lowest BCUT2D eigenvalue weighted by Gasteiger charge is -2.11. The minimum atomic E-state index is -4.26. The van der Waals surface area contributed by atoms with E-state index in [0.29, 0.717) is 5.92 Å². The lowest BCUT2D eigenvalue weighted by atomic mass is 9.99. The Morgan fingerprint density at radius 3 is 2.00 bits per heavy atom. The summed E-state index contributed by atoms with van der Waals surface area (Å²) in [6.45, 7) is 4.27. The number of aromatic hydroxyl groups is 1. The summed E-state index contributed by atoms with van der Waals surface area (Å²) in [4.78, 5) is 2.79. The van der Waals surface area contributed by atoms with Crippen LogP contribution < -0.4 is 4.18 Å². The number of hydrogen-bond acceptors (Lipinski definition) is 5. The fraction of sp³-hybridized carbons (Fsp3) is 0.120. The molecule has 7 heteroatoms. The zero-order valence-electron chi connectivity index (χ0n) is 17.6. The third-order valence-electron chi connectivity index (χ3n) is 5.31. The molecule has 0 bridgehead atoms. The molecule has 0 aliphatic rings. The molecule has 4 aromatic rings. The highest BCUT2D eigenvalue weighted by atomic mass is 32.2. The number of rotatable bonds is 5. The Kier molecular flexibility index (Phi) is 5.56. The minimum absolute atomic E-state index is 0.146. The quantitative estimate of drug-likeness (QED) is 0.276. The van der Waals surface area contributed by atoms with Crippen molar-refractivity contribution in [2.45, 2.75) is 24.7 Å². The fourth-order valence-electron chi connectivity index (χ4n) is 3.53. The van der Waals surface area contributed by atoms with Crippen molar-refractivity contribution in [3.05, 3.63) is 89.4 Å². The monoisotopic (exact) mass is 445 g/mol. The van der Waals surface area contributed by atoms with Crippen molar-refractivity contribution in [1.82, 2.24) is 0 Å². The summed E-state index contributed by atoms with van der Waals surface area (Å²) in [7, 11) is -4.26. The average molecular weight is 446 g/mol. The molecule has 0 amide bonds. The molecule has 0 saturated carbocycles. The van der Waals surface area contributed by atoms with Crippen molar-refractivity contribution in [2.24, 2.45) is 0 Å². The van der Waals surface area contributed by atoms with E-state index in [1.165, 1.54) is 11.6 Å². The van der Waals surface area contributed by atoms with Crippen molar-refractivity contribution in [3.8, 4) is 22.6 Å². The van der Waals surface area contributed by atoms with E-state index >= 15 is 0 Å². The molecule has 32 heavy (non-hydrogen) atoms. The van der Waals surface area contributed by atoms with Gasteiger partial charge in [0.1, 0.15) is 10.6 Å². The van der Waals surface area contributed by atoms with Crippen LogP contribution in [-0.4, -0.2) is 13.5 Å². The van der Waals surface area contributed by atoms with Gasteiger partial charge >= 0.3 is 15.8 Å². The van der Waals surface area contributed by atoms with Crippen LogP contribution in [0.15, 0.2) is 83.8 Å². The van der Waals surface area contributed by atoms with Gasteiger partial charge in [-0.3, -0.25) is 0 Å². The molecule has 0 aliphatic carbocycles. The summed E-state index contributed by atoms with van der Waals surface area (Å²) in [5, 5.41) is 19.9. The van der Waals surface area contributed by atoms with Crippen LogP contribution in [-0.2, 0) is 10.1 Å². The van der Waals surface area contributed by atoms with Gasteiger partial charge in [-0.05, 0) is 34.7 Å². The topological polar surface area (TPSA) is 91.8 Å². The molecule has 0 heterocycles. The van der Waals surface area contributed by atoms with Crippen LogP contribution >= 0.6 is 0 Å². The van der Waals surface area contributed by atoms with Crippen molar-refractivity contribution < 1.29 is 17.7 Å². The van der Waals surface area contributed by atoms with Crippen molar-refractivity contribution in [1.29, 1.82) is 5.39 Å². The van der Waals surface area contributed by atoms with Gasteiger partial charge in [0.05, 0.1) is 6.07 Å². The number of nitrogens with zero attached hydrogens (tertiary/aromatic N) is 2. The smallest absolute Gasteiger partial charge is 0.428 e. The zero-order chi connectivity index (χ0) is 22.9. The van der Waals surface area contributed by atoms with Gasteiger partial charge in [-0.25, -0.2) is 0 Å². The normalized spacial score (nSPS) is 11.4. The highest BCUT2D eigenvalue weighted by Gasteiger charge is 2.28. The molecule has 4 aromatic carbocycles. The molecular weight excluding hydrogens is 424 g/mol. The molecule has 0 aliphatic heterocycles. The van der Waals surface area contributed by atoms with Crippen molar-refractivity contribution >= 4 is 26.6 Å². The molecule has 0 saturated heterocycles. The highest BCUT2D eigenvalue weighted by Crippen LogP contribution is 2.39. The van der Waals surface area contributed by atoms with E-state index in [9.17, 15) is 18.9 Å². The van der Waals surface area contributed by atoms with Gasteiger partial charge in [0, 0.05) is 10.8 Å². The van der Waals surface area contributed by atoms with Gasteiger partial charge in [-0.1, -0.05) is 74.5 Å². The summed E-state index contributed by atoms with van der Waals surface area (Å²) in [5.41, 5.74) is 2.94. The van der Waals surface area contributed by atoms with Crippen LogP contribution in [0, 0.1) is 5.39 Å². The highest BCUT2D eigenvalue weighted by molar-refractivity contribution is 7.87. The van der Waals surface area contributed by atoms with E-state index in [0.717, 1.165) is 17.2 Å². The van der Waals surface area contributed by atoms with Crippen LogP contribution in [0.4, 0.5) is 5.69 Å². The molecule has 0 radical (unpaired) electrons. The molecule has 6 nitrogen and oxygen atoms in total. The van der Waals surface area contributed by atoms with Gasteiger partial charge in [0.15, 0.2) is 4.98 Å². The van der Waals surface area contributed by atoms with Crippen LogP contribution in [0.3, 0.4) is 0 Å². The molecule has 0 fully saturated rings. The first-order valence-corrected chi connectivity index (χ1v) is 11.5. The van der Waals surface area contributed by atoms with E-state index in [1.807, 2.05) is 12.1 Å². The molecule has 4 rings (SSSR count). The molecule has 0 atom stereocenters. The van der Waals surface area contributed by atoms with Gasteiger partial charge < -0.3 is 9.29 Å². The standard InChI is InChI=1S/C25H20N2O4S/c1-16(2)17-7-9-18(10-8-17)19-11-13-20(14-12-19)31-32(29,30)24-15-23(27-26)25(28)22-6-4-3-5-21(22)24/h3-16H,1-2H3/p+1. The maximum atomic E-state index is 13.0. The molecular formula is C25H21N2O4S+. The number of phenols is 1. The van der Waals surface area contributed by atoms with E-state index in [4.69, 9.17) is 4.18 Å². The van der Waals surface area contributed by atoms with Gasteiger partial charge in [-0.2, -0.15) is 8.42 Å². The average Bonchev–Trinajstić information content (AvgIpc) is 2.79. The third-order valence-corrected chi connectivity index (χ3v) is 6.59. The fourth-order valence-corrected chi connectivity index (χ4v) is 4.69. The van der Waals surface area contributed by atoms with Gasteiger partial charge in [0.25, 0.3) is 0 Å². The summed E-state index contributed by atoms with van der Waals surface area (Å²) in [6, 6.07) is 22.4. The second kappa shape index (κ2) is 8.33. The van der Waals surface area contributed by atoms with Crippen molar-refractivity contribution in [2.75, 3.05) is 0 Å². The van der Waals surface area contributed by atoms with Gasteiger partial charge in [-0.15, -0.1) is 0 Å². The van der Waals surface area contributed by atoms with Crippen molar-refractivity contribution in [3.63, 3.8) is 0 Å². The predicted molar refractivity (Wildman–Crippen MR) is 124 cm³/mol. The maximum Gasteiger partial charge on any atom is 0.428 e. The Hall–Kier alpha value is -3.89. The Balaban J connectivity index is 1.66. The number of benzene rings is 4. The number of hydrogen-bond donors (Lipinski definition) is 1. The second-order valence-corrected chi connectivity index (χ2v) is 9.24. The summed E-state index contributed by atoms with van der Waals surface area (Å²) < 4.78 is 31.4. The molecule has 1 N–H and O–H groups in total. The zero-order valence-corrected chi connectivity index (χ0v) is 18.4. The summed E-state index contributed by atoms with van der Waals surface area (Å²) >= 11 is 0. The number of phenolic OH excluding ortho intramolecular Hbond substituents is 1. The van der Waals surface area contributed by atoms with Crippen LogP contribution in [0.2, 0.25) is 0 Å². The van der Waals surface area contributed by atoms with Gasteiger partial charge in [0.2, 0.25) is 11.1 Å². The van der Waals surface area contributed by atoms with E-state index in [-0.39, 0.29) is 32.9 Å². The Bertz CT molecular complexity index is 1440. The first-order valence-electron chi connectivity index (χ1n) is 10.0. The molecule has 0 aromatic heterocycles. The molecule has 0 unspecified atom stereocenters. The SMILES string of the molecule is CC(C)c1ccc(-c2ccc(OS(=O)(=O)c3cc([N+]#N)c(O)c4ccccc34)cc2)cc1. The maximum absolute atomic E-state index is 13.0. The third kappa shape index (κ3) is 4.01. The molecule has 0 spiro atoms. The Morgan fingerprint density at radius 1 is 0.875 bits per heavy atom. The van der Waals surface area contributed by atoms with E-state index in [1.54, 1.807) is 42.5 Å². The predicted octanol–water partition coefficient (Wildman–Crippen LogP) is 6.59. The van der Waals surface area contributed by atoms with E-state index < -0.39 is 10.1 Å². The summed E-state index contributed by atoms with van der Waals surface area (Å²) in [5.74, 6) is 0.280. The van der Waals surface area contributed by atoms with E-state index in [2.05, 4.69) is 31.0 Å². The lowest BCUT2D eigenvalue weighted by molar-refractivity contribution is 0.482. The van der Waals surface area contributed by atoms with Crippen LogP contribution in [0.5, 0.6) is 11.5 Å². The first-order chi connectivity index (χ1) is 15.3. The number of fused-ring (bicyclic) bond motifs is 1. The first kappa shape index (κ1) is 21.3. The second-order valence-electron chi connectivity index (χ2n) is 7.73. The van der Waals surface area contributed by atoms with Crippen LogP contribution in [0.25, 0.3) is 26.9 Å². The number of diazo groups is 1. The van der Waals surface area contributed by atoms with Crippen LogP contribution in [0.1, 0.15) is 25.3 Å². The molecule has 160 valence electrons. The summed E-state index contributed by atoms with van der Waals surface area (Å²) in [6.07, 6.45) is 0.